The van der Waals surface area contributed by atoms with Crippen LogP contribution in [-0.4, -0.2) is 33.7 Å². The lowest BCUT2D eigenvalue weighted by Crippen LogP contribution is -2.29. The number of alkyl halides is 3. The van der Waals surface area contributed by atoms with E-state index in [-0.39, 0.29) is 11.8 Å². The maximum atomic E-state index is 12.9. The number of halogens is 3. The second kappa shape index (κ2) is 8.14. The van der Waals surface area contributed by atoms with Gasteiger partial charge >= 0.3 is 12.1 Å². The zero-order valence-corrected chi connectivity index (χ0v) is 15.2. The molecule has 6 nitrogen and oxygen atoms in total. The van der Waals surface area contributed by atoms with E-state index in [2.05, 4.69) is 15.3 Å². The number of aromatic carboxylic acids is 1. The maximum absolute atomic E-state index is 12.9. The number of ether oxygens (including phenoxy) is 1. The summed E-state index contributed by atoms with van der Waals surface area (Å²) in [5, 5.41) is 12.2. The van der Waals surface area contributed by atoms with E-state index in [9.17, 15) is 18.0 Å². The highest BCUT2D eigenvalue weighted by Crippen LogP contribution is 2.35. The van der Waals surface area contributed by atoms with Gasteiger partial charge in [-0.1, -0.05) is 12.1 Å². The Morgan fingerprint density at radius 2 is 2.11 bits per heavy atom. The molecule has 0 saturated carbocycles. The van der Waals surface area contributed by atoms with Gasteiger partial charge in [-0.2, -0.15) is 13.2 Å². The monoisotopic (exact) mass is 395 g/mol. The van der Waals surface area contributed by atoms with E-state index in [1.165, 1.54) is 12.4 Å². The van der Waals surface area contributed by atoms with Crippen molar-refractivity contribution < 1.29 is 27.8 Å². The predicted octanol–water partition coefficient (Wildman–Crippen LogP) is 4.22. The van der Waals surface area contributed by atoms with E-state index < -0.39 is 23.8 Å². The Morgan fingerprint density at radius 1 is 1.32 bits per heavy atom. The highest BCUT2D eigenvalue weighted by molar-refractivity contribution is 5.88. The van der Waals surface area contributed by atoms with E-state index in [1.54, 1.807) is 13.0 Å². The third-order valence-corrected chi connectivity index (χ3v) is 4.72. The van der Waals surface area contributed by atoms with Crippen LogP contribution in [0.1, 0.15) is 52.5 Å². The summed E-state index contributed by atoms with van der Waals surface area (Å²) in [7, 11) is 0. The summed E-state index contributed by atoms with van der Waals surface area (Å²) < 4.78 is 44.8. The number of aromatic nitrogens is 2. The summed E-state index contributed by atoms with van der Waals surface area (Å²) in [4.78, 5) is 18.9. The molecule has 0 amide bonds. The molecule has 1 aliphatic heterocycles. The predicted molar refractivity (Wildman–Crippen MR) is 95.1 cm³/mol. The molecule has 1 fully saturated rings. The summed E-state index contributed by atoms with van der Waals surface area (Å²) in [6.45, 7) is 1.98. The molecule has 0 spiro atoms. The van der Waals surface area contributed by atoms with Gasteiger partial charge in [0.1, 0.15) is 12.1 Å². The van der Waals surface area contributed by atoms with Crippen LogP contribution in [0.15, 0.2) is 30.6 Å². The van der Waals surface area contributed by atoms with Gasteiger partial charge < -0.3 is 15.2 Å². The fraction of sp³-hybridized carbons (Fsp3) is 0.421. The van der Waals surface area contributed by atoms with Gasteiger partial charge in [0.15, 0.2) is 5.69 Å². The SMILES string of the molecule is Cc1c(NCC2CCCC(c3cccc(C(F)(F)F)c3)O2)ncnc1C(=O)O. The Balaban J connectivity index is 1.66. The van der Waals surface area contributed by atoms with Gasteiger partial charge in [-0.15, -0.1) is 0 Å². The first kappa shape index (κ1) is 20.1. The largest absolute Gasteiger partial charge is 0.476 e. The molecule has 2 atom stereocenters. The number of carboxylic acid groups (broad SMARTS) is 1. The smallest absolute Gasteiger partial charge is 0.416 e. The zero-order chi connectivity index (χ0) is 20.3. The Hall–Kier alpha value is -2.68. The average Bonchev–Trinajstić information content (AvgIpc) is 2.66. The number of anilines is 1. The maximum Gasteiger partial charge on any atom is 0.416 e. The van der Waals surface area contributed by atoms with Crippen LogP contribution in [0, 0.1) is 6.92 Å². The highest BCUT2D eigenvalue weighted by Gasteiger charge is 2.32. The van der Waals surface area contributed by atoms with Gasteiger partial charge in [0.2, 0.25) is 0 Å². The summed E-state index contributed by atoms with van der Waals surface area (Å²) in [6.07, 6.45) is -1.65. The minimum Gasteiger partial charge on any atom is -0.476 e. The Labute approximate surface area is 159 Å². The summed E-state index contributed by atoms with van der Waals surface area (Å²) >= 11 is 0. The number of carboxylic acids is 1. The normalized spacial score (nSPS) is 20.0. The first-order valence-corrected chi connectivity index (χ1v) is 8.87. The van der Waals surface area contributed by atoms with Gasteiger partial charge in [-0.3, -0.25) is 0 Å². The minimum absolute atomic E-state index is 0.0797. The quantitative estimate of drug-likeness (QED) is 0.789. The van der Waals surface area contributed by atoms with Gasteiger partial charge in [0.25, 0.3) is 0 Å². The van der Waals surface area contributed by atoms with Crippen molar-refractivity contribution in [2.45, 2.75) is 44.6 Å². The fourth-order valence-corrected chi connectivity index (χ4v) is 3.26. The van der Waals surface area contributed by atoms with Crippen LogP contribution in [0.25, 0.3) is 0 Å². The zero-order valence-electron chi connectivity index (χ0n) is 15.2. The Bertz CT molecular complexity index is 858. The van der Waals surface area contributed by atoms with Crippen LogP contribution in [-0.2, 0) is 10.9 Å². The Morgan fingerprint density at radius 3 is 2.82 bits per heavy atom. The van der Waals surface area contributed by atoms with Crippen molar-refractivity contribution in [1.82, 2.24) is 9.97 Å². The highest BCUT2D eigenvalue weighted by atomic mass is 19.4. The first-order valence-electron chi connectivity index (χ1n) is 8.87. The lowest BCUT2D eigenvalue weighted by Gasteiger charge is -2.31. The molecule has 28 heavy (non-hydrogen) atoms. The fourth-order valence-electron chi connectivity index (χ4n) is 3.26. The molecule has 1 aromatic carbocycles. The van der Waals surface area contributed by atoms with Crippen molar-refractivity contribution in [2.24, 2.45) is 0 Å². The molecule has 0 bridgehead atoms. The van der Waals surface area contributed by atoms with Crippen molar-refractivity contribution >= 4 is 11.8 Å². The average molecular weight is 395 g/mol. The number of benzene rings is 1. The van der Waals surface area contributed by atoms with E-state index in [4.69, 9.17) is 9.84 Å². The molecule has 0 aliphatic carbocycles. The minimum atomic E-state index is -4.39. The molecular weight excluding hydrogens is 375 g/mol. The van der Waals surface area contributed by atoms with Crippen molar-refractivity contribution in [3.63, 3.8) is 0 Å². The molecule has 1 aromatic heterocycles. The van der Waals surface area contributed by atoms with Crippen LogP contribution in [0.2, 0.25) is 0 Å². The second-order valence-electron chi connectivity index (χ2n) is 6.68. The summed E-state index contributed by atoms with van der Waals surface area (Å²) in [6, 6.07) is 5.21. The molecule has 2 unspecified atom stereocenters. The van der Waals surface area contributed by atoms with Crippen LogP contribution in [0.5, 0.6) is 0 Å². The molecule has 9 heteroatoms. The molecule has 0 radical (unpaired) electrons. The van der Waals surface area contributed by atoms with Gasteiger partial charge in [0.05, 0.1) is 17.8 Å². The van der Waals surface area contributed by atoms with Gasteiger partial charge in [-0.25, -0.2) is 14.8 Å². The molecule has 2 heterocycles. The lowest BCUT2D eigenvalue weighted by molar-refractivity contribution is -0.137. The van der Waals surface area contributed by atoms with Gasteiger partial charge in [-0.05, 0) is 43.9 Å². The standard InChI is InChI=1S/C19H20F3N3O3/c1-11-16(18(26)27)24-10-25-17(11)23-9-14-6-3-7-15(28-14)12-4-2-5-13(8-12)19(20,21)22/h2,4-5,8,10,14-15H,3,6-7,9H2,1H3,(H,26,27)(H,23,24,25). The molecule has 150 valence electrons. The molecule has 1 aliphatic rings. The van der Waals surface area contributed by atoms with Crippen LogP contribution in [0.3, 0.4) is 0 Å². The topological polar surface area (TPSA) is 84.3 Å². The number of carbonyl (C=O) groups is 1. The van der Waals surface area contributed by atoms with Gasteiger partial charge in [0, 0.05) is 12.1 Å². The van der Waals surface area contributed by atoms with Crippen LogP contribution >= 0.6 is 0 Å². The molecule has 2 aromatic rings. The van der Waals surface area contributed by atoms with Crippen LogP contribution < -0.4 is 5.32 Å². The second-order valence-corrected chi connectivity index (χ2v) is 6.68. The van der Waals surface area contributed by atoms with Crippen LogP contribution in [0.4, 0.5) is 19.0 Å². The first-order chi connectivity index (χ1) is 13.3. The van der Waals surface area contributed by atoms with E-state index >= 15 is 0 Å². The molecule has 2 N–H and O–H groups in total. The number of hydrogen-bond donors (Lipinski definition) is 2. The van der Waals surface area contributed by atoms with E-state index in [0.717, 1.165) is 25.0 Å². The third kappa shape index (κ3) is 4.59. The van der Waals surface area contributed by atoms with E-state index in [0.29, 0.717) is 29.9 Å². The lowest BCUT2D eigenvalue weighted by atomic mass is 9.97. The van der Waals surface area contributed by atoms with Crippen molar-refractivity contribution in [3.8, 4) is 0 Å². The summed E-state index contributed by atoms with van der Waals surface area (Å²) in [5.41, 5.74) is 0.154. The number of nitrogens with zero attached hydrogens (tertiary/aromatic N) is 2. The molecular formula is C19H20F3N3O3. The summed E-state index contributed by atoms with van der Waals surface area (Å²) in [5.74, 6) is -0.737. The van der Waals surface area contributed by atoms with Crippen molar-refractivity contribution in [3.05, 3.63) is 53.0 Å². The number of rotatable bonds is 5. The molecule has 1 saturated heterocycles. The van der Waals surface area contributed by atoms with Crippen molar-refractivity contribution in [1.29, 1.82) is 0 Å². The number of hydrogen-bond acceptors (Lipinski definition) is 5. The Kier molecular flexibility index (Phi) is 5.83. The van der Waals surface area contributed by atoms with E-state index in [1.807, 2.05) is 0 Å². The third-order valence-electron chi connectivity index (χ3n) is 4.72. The van der Waals surface area contributed by atoms with Crippen molar-refractivity contribution in [2.75, 3.05) is 11.9 Å². The number of nitrogens with one attached hydrogen (secondary N) is 1. The molecule has 3 rings (SSSR count).